The molecule has 1 aromatic rings. The van der Waals surface area contributed by atoms with Crippen molar-refractivity contribution in [1.82, 2.24) is 4.98 Å². The molecule has 0 atom stereocenters. The lowest BCUT2D eigenvalue weighted by Crippen LogP contribution is -2.05. The summed E-state index contributed by atoms with van der Waals surface area (Å²) in [6.45, 7) is 1.81. The van der Waals surface area contributed by atoms with Gasteiger partial charge in [-0.25, -0.2) is 4.98 Å². The van der Waals surface area contributed by atoms with Gasteiger partial charge in [-0.1, -0.05) is 0 Å². The van der Waals surface area contributed by atoms with Gasteiger partial charge in [0.05, 0.1) is 0 Å². The fourth-order valence-corrected chi connectivity index (χ4v) is 0.909. The monoisotopic (exact) mass is 165 g/mol. The van der Waals surface area contributed by atoms with Crippen molar-refractivity contribution in [1.29, 1.82) is 0 Å². The van der Waals surface area contributed by atoms with Gasteiger partial charge in [0.2, 0.25) is 0 Å². The molecule has 0 aliphatic carbocycles. The Hall–Kier alpha value is -1.42. The zero-order valence-electron chi connectivity index (χ0n) is 6.87. The van der Waals surface area contributed by atoms with Crippen molar-refractivity contribution in [2.75, 3.05) is 5.73 Å². The summed E-state index contributed by atoms with van der Waals surface area (Å²) in [6, 6.07) is 3.31. The minimum Gasteiger partial charge on any atom is -0.384 e. The van der Waals surface area contributed by atoms with Crippen LogP contribution >= 0.6 is 0 Å². The van der Waals surface area contributed by atoms with Crippen molar-refractivity contribution in [3.63, 3.8) is 0 Å². The third kappa shape index (κ3) is 1.79. The molecule has 1 rings (SSSR count). The molecular formula is C8H11N3O. The largest absolute Gasteiger partial charge is 0.384 e. The van der Waals surface area contributed by atoms with Gasteiger partial charge in [-0.2, -0.15) is 0 Å². The number of hydrogen-bond donors (Lipinski definition) is 2. The summed E-state index contributed by atoms with van der Waals surface area (Å²) in [5.41, 5.74) is 12.0. The van der Waals surface area contributed by atoms with Crippen LogP contribution in [-0.4, -0.2) is 10.8 Å². The molecule has 0 aliphatic heterocycles. The first-order chi connectivity index (χ1) is 5.63. The number of nitrogens with zero attached hydrogens (tertiary/aromatic N) is 1. The fraction of sp³-hybridized carbons (Fsp3) is 0.250. The number of anilines is 1. The minimum atomic E-state index is -0.1000. The summed E-state index contributed by atoms with van der Waals surface area (Å²) in [5, 5.41) is 0. The summed E-state index contributed by atoms with van der Waals surface area (Å²) in [5.74, 6) is 0.236. The molecule has 12 heavy (non-hydrogen) atoms. The van der Waals surface area contributed by atoms with Gasteiger partial charge in [0.25, 0.3) is 0 Å². The van der Waals surface area contributed by atoms with E-state index < -0.39 is 0 Å². The van der Waals surface area contributed by atoms with Crippen molar-refractivity contribution in [3.8, 4) is 0 Å². The number of carbonyl (C=O) groups is 1. The van der Waals surface area contributed by atoms with Gasteiger partial charge in [0.15, 0.2) is 5.78 Å². The van der Waals surface area contributed by atoms with Crippen molar-refractivity contribution < 1.29 is 4.79 Å². The van der Waals surface area contributed by atoms with Crippen molar-refractivity contribution in [2.45, 2.75) is 13.5 Å². The number of aromatic nitrogens is 1. The molecule has 4 heteroatoms. The molecule has 1 heterocycles. The molecule has 1 aromatic heterocycles. The maximum Gasteiger partial charge on any atom is 0.178 e. The van der Waals surface area contributed by atoms with E-state index >= 15 is 0 Å². The summed E-state index contributed by atoms with van der Waals surface area (Å²) in [7, 11) is 0. The molecule has 0 radical (unpaired) electrons. The van der Waals surface area contributed by atoms with Crippen LogP contribution < -0.4 is 11.5 Å². The van der Waals surface area contributed by atoms with Gasteiger partial charge < -0.3 is 11.5 Å². The van der Waals surface area contributed by atoms with E-state index in [4.69, 9.17) is 11.5 Å². The lowest BCUT2D eigenvalue weighted by Gasteiger charge is -2.01. The molecule has 64 valence electrons. The Morgan fingerprint density at radius 2 is 2.25 bits per heavy atom. The summed E-state index contributed by atoms with van der Waals surface area (Å²) < 4.78 is 0. The highest BCUT2D eigenvalue weighted by molar-refractivity contribution is 5.92. The predicted octanol–water partition coefficient (Wildman–Crippen LogP) is 0.325. The summed E-state index contributed by atoms with van der Waals surface area (Å²) in [4.78, 5) is 14.8. The third-order valence-electron chi connectivity index (χ3n) is 1.50. The molecule has 0 spiro atoms. The summed E-state index contributed by atoms with van der Waals surface area (Å²) in [6.07, 6.45) is 0. The maximum absolute atomic E-state index is 10.9. The molecule has 0 saturated heterocycles. The Labute approximate surface area is 70.6 Å². The zero-order valence-corrected chi connectivity index (χ0v) is 6.87. The average Bonchev–Trinajstić information content (AvgIpc) is 2.03. The van der Waals surface area contributed by atoms with E-state index in [1.165, 1.54) is 6.92 Å². The molecule has 0 aliphatic rings. The number of hydrogen-bond acceptors (Lipinski definition) is 4. The standard InChI is InChI=1S/C8H11N3O/c1-5(12)7-2-6(4-9)3-8(10)11-7/h2-3H,4,9H2,1H3,(H2,10,11). The highest BCUT2D eigenvalue weighted by atomic mass is 16.1. The minimum absolute atomic E-state index is 0.1000. The summed E-state index contributed by atoms with van der Waals surface area (Å²) >= 11 is 0. The molecule has 0 aromatic carbocycles. The van der Waals surface area contributed by atoms with E-state index in [2.05, 4.69) is 4.98 Å². The number of Topliss-reactive ketones (excluding diaryl/α,β-unsaturated/α-hetero) is 1. The van der Waals surface area contributed by atoms with Crippen molar-refractivity contribution in [2.24, 2.45) is 5.73 Å². The van der Waals surface area contributed by atoms with Crippen molar-refractivity contribution in [3.05, 3.63) is 23.4 Å². The van der Waals surface area contributed by atoms with Crippen molar-refractivity contribution >= 4 is 11.6 Å². The quantitative estimate of drug-likeness (QED) is 0.618. The van der Waals surface area contributed by atoms with Crippen LogP contribution in [0.5, 0.6) is 0 Å². The number of nitrogen functional groups attached to an aromatic ring is 1. The van der Waals surface area contributed by atoms with Crippen LogP contribution in [-0.2, 0) is 6.54 Å². The third-order valence-corrected chi connectivity index (χ3v) is 1.50. The second-order valence-corrected chi connectivity index (χ2v) is 2.55. The zero-order chi connectivity index (χ0) is 9.14. The van der Waals surface area contributed by atoms with Gasteiger partial charge in [-0.3, -0.25) is 4.79 Å². The van der Waals surface area contributed by atoms with Crippen LogP contribution in [0.25, 0.3) is 0 Å². The van der Waals surface area contributed by atoms with E-state index in [0.29, 0.717) is 18.1 Å². The van der Waals surface area contributed by atoms with Crippen LogP contribution in [0.4, 0.5) is 5.82 Å². The van der Waals surface area contributed by atoms with Crippen LogP contribution in [0.15, 0.2) is 12.1 Å². The highest BCUT2D eigenvalue weighted by Gasteiger charge is 2.03. The Balaban J connectivity index is 3.15. The molecule has 4 N–H and O–H groups in total. The molecule has 0 saturated carbocycles. The Kier molecular flexibility index (Phi) is 2.40. The smallest absolute Gasteiger partial charge is 0.178 e. The van der Waals surface area contributed by atoms with Crippen LogP contribution in [0.1, 0.15) is 23.0 Å². The number of pyridine rings is 1. The lowest BCUT2D eigenvalue weighted by molar-refractivity contribution is 0.101. The maximum atomic E-state index is 10.9. The van der Waals surface area contributed by atoms with Gasteiger partial charge in [-0.05, 0) is 17.7 Å². The first kappa shape index (κ1) is 8.67. The molecule has 4 nitrogen and oxygen atoms in total. The average molecular weight is 165 g/mol. The highest BCUT2D eigenvalue weighted by Crippen LogP contribution is 2.07. The van der Waals surface area contributed by atoms with E-state index in [9.17, 15) is 4.79 Å². The SMILES string of the molecule is CC(=O)c1cc(CN)cc(N)n1. The number of ketones is 1. The lowest BCUT2D eigenvalue weighted by atomic mass is 10.2. The van der Waals surface area contributed by atoms with Gasteiger partial charge in [0, 0.05) is 13.5 Å². The predicted molar refractivity (Wildman–Crippen MR) is 46.5 cm³/mol. The number of nitrogens with two attached hydrogens (primary N) is 2. The molecule has 0 fully saturated rings. The second kappa shape index (κ2) is 3.32. The van der Waals surface area contributed by atoms with E-state index in [0.717, 1.165) is 5.56 Å². The fourth-order valence-electron chi connectivity index (χ4n) is 0.909. The van der Waals surface area contributed by atoms with Crippen LogP contribution in [0, 0.1) is 0 Å². The second-order valence-electron chi connectivity index (χ2n) is 2.55. The van der Waals surface area contributed by atoms with Gasteiger partial charge in [0.1, 0.15) is 11.5 Å². The number of rotatable bonds is 2. The number of carbonyl (C=O) groups excluding carboxylic acids is 1. The first-order valence-corrected chi connectivity index (χ1v) is 3.61. The molecule has 0 unspecified atom stereocenters. The Morgan fingerprint density at radius 3 is 2.75 bits per heavy atom. The Morgan fingerprint density at radius 1 is 1.58 bits per heavy atom. The molecule has 0 amide bonds. The first-order valence-electron chi connectivity index (χ1n) is 3.61. The Bertz CT molecular complexity index is 309. The van der Waals surface area contributed by atoms with E-state index in [1.807, 2.05) is 0 Å². The molecular weight excluding hydrogens is 154 g/mol. The topological polar surface area (TPSA) is 82.0 Å². The van der Waals surface area contributed by atoms with Crippen LogP contribution in [0.3, 0.4) is 0 Å². The van der Waals surface area contributed by atoms with Gasteiger partial charge in [-0.15, -0.1) is 0 Å². The normalized spacial score (nSPS) is 9.83. The van der Waals surface area contributed by atoms with Gasteiger partial charge >= 0.3 is 0 Å². The van der Waals surface area contributed by atoms with E-state index in [1.54, 1.807) is 12.1 Å². The molecule has 0 bridgehead atoms. The van der Waals surface area contributed by atoms with E-state index in [-0.39, 0.29) is 5.78 Å². The van der Waals surface area contributed by atoms with Crippen LogP contribution in [0.2, 0.25) is 0 Å².